The van der Waals surface area contributed by atoms with Gasteiger partial charge in [0.2, 0.25) is 5.91 Å². The van der Waals surface area contributed by atoms with Crippen molar-refractivity contribution in [2.75, 3.05) is 11.9 Å². The van der Waals surface area contributed by atoms with Crippen LogP contribution in [0, 0.1) is 29.1 Å². The molecule has 3 heterocycles. The molecule has 2 aromatic rings. The van der Waals surface area contributed by atoms with E-state index in [0.29, 0.717) is 37.3 Å². The lowest BCUT2D eigenvalue weighted by Gasteiger charge is -2.28. The maximum atomic E-state index is 12.8. The van der Waals surface area contributed by atoms with E-state index in [2.05, 4.69) is 27.1 Å². The van der Waals surface area contributed by atoms with E-state index in [4.69, 9.17) is 10.8 Å². The third kappa shape index (κ3) is 5.62. The van der Waals surface area contributed by atoms with Crippen LogP contribution in [0.25, 0.3) is 0 Å². The van der Waals surface area contributed by atoms with E-state index < -0.39 is 5.91 Å². The summed E-state index contributed by atoms with van der Waals surface area (Å²) in [5.74, 6) is 5.23. The van der Waals surface area contributed by atoms with Crippen molar-refractivity contribution >= 4 is 29.1 Å². The maximum absolute atomic E-state index is 12.8. The molecule has 1 aliphatic heterocycles. The highest BCUT2D eigenvalue weighted by molar-refractivity contribution is 6.14. The Morgan fingerprint density at radius 2 is 2.00 bits per heavy atom. The number of carbonyl (C=O) groups excluding carboxylic acids is 2. The molecule has 0 unspecified atom stereocenters. The SMILES string of the molecule is CCCCC(=N)C#CC(=N)c1cccc(NC(=O)c2cc3c(cn2)CCN(C(=O)C2=C[CH]2)C3)n1. The first-order chi connectivity index (χ1) is 16.4. The first-order valence-corrected chi connectivity index (χ1v) is 11.2. The molecule has 0 spiro atoms. The van der Waals surface area contributed by atoms with Crippen LogP contribution in [0.2, 0.25) is 0 Å². The average molecular weight is 454 g/mol. The summed E-state index contributed by atoms with van der Waals surface area (Å²) in [4.78, 5) is 35.5. The van der Waals surface area contributed by atoms with Gasteiger partial charge >= 0.3 is 0 Å². The van der Waals surface area contributed by atoms with Crippen molar-refractivity contribution in [3.63, 3.8) is 0 Å². The average Bonchev–Trinajstić information content (AvgIpc) is 3.70. The molecule has 0 fully saturated rings. The number of hydrogen-bond acceptors (Lipinski definition) is 6. The van der Waals surface area contributed by atoms with E-state index in [1.807, 2.05) is 6.92 Å². The molecule has 2 aromatic heterocycles. The number of rotatable bonds is 7. The van der Waals surface area contributed by atoms with Crippen LogP contribution in [0.15, 0.2) is 42.1 Å². The number of fused-ring (bicyclic) bond motifs is 1. The van der Waals surface area contributed by atoms with Crippen molar-refractivity contribution in [3.8, 4) is 11.8 Å². The molecule has 0 atom stereocenters. The second kappa shape index (κ2) is 10.2. The van der Waals surface area contributed by atoms with Gasteiger partial charge in [0.15, 0.2) is 0 Å². The van der Waals surface area contributed by atoms with Gasteiger partial charge in [-0.3, -0.25) is 25.4 Å². The van der Waals surface area contributed by atoms with Crippen molar-refractivity contribution in [3.05, 3.63) is 71.0 Å². The van der Waals surface area contributed by atoms with Gasteiger partial charge in [0.25, 0.3) is 5.91 Å². The molecule has 34 heavy (non-hydrogen) atoms. The molecule has 1 radical (unpaired) electrons. The topological polar surface area (TPSA) is 123 Å². The number of aromatic nitrogens is 2. The molecule has 0 saturated heterocycles. The first kappa shape index (κ1) is 23.1. The number of amides is 2. The van der Waals surface area contributed by atoms with Crippen LogP contribution in [0.4, 0.5) is 5.82 Å². The molecule has 8 heteroatoms. The number of hydrogen-bond donors (Lipinski definition) is 3. The predicted molar refractivity (Wildman–Crippen MR) is 130 cm³/mol. The van der Waals surface area contributed by atoms with Gasteiger partial charge in [0, 0.05) is 31.3 Å². The zero-order valence-corrected chi connectivity index (χ0v) is 18.9. The molecule has 2 amide bonds. The fourth-order valence-corrected chi connectivity index (χ4v) is 3.54. The van der Waals surface area contributed by atoms with Crippen LogP contribution in [-0.2, 0) is 17.8 Å². The summed E-state index contributed by atoms with van der Waals surface area (Å²) in [6.45, 7) is 3.13. The van der Waals surface area contributed by atoms with E-state index in [1.54, 1.807) is 47.9 Å². The quantitative estimate of drug-likeness (QED) is 0.439. The Labute approximate surface area is 198 Å². The fraction of sp³-hybridized carbons (Fsp3) is 0.269. The Morgan fingerprint density at radius 1 is 1.18 bits per heavy atom. The third-order valence-corrected chi connectivity index (χ3v) is 5.56. The van der Waals surface area contributed by atoms with Crippen molar-refractivity contribution in [2.45, 2.75) is 39.2 Å². The number of carbonyl (C=O) groups is 2. The second-order valence-corrected chi connectivity index (χ2v) is 8.17. The van der Waals surface area contributed by atoms with Crippen LogP contribution in [0.1, 0.15) is 53.5 Å². The Balaban J connectivity index is 1.42. The number of allylic oxidation sites excluding steroid dienone is 1. The van der Waals surface area contributed by atoms with E-state index in [1.165, 1.54) is 0 Å². The Hall–Kier alpha value is -4.12. The molecule has 1 aliphatic carbocycles. The standard InChI is InChI=1S/C26H25N6O2/c1-2-3-5-20(27)10-11-21(28)22-6-4-7-24(30-22)31-25(33)23-14-19-16-32(26(34)17-8-9-17)13-12-18(19)15-29-23/h4,6-9,14-15,27-28H,2-3,5,12-13,16H2,1H3,(H,30,31,33). The number of anilines is 1. The Kier molecular flexibility index (Phi) is 6.93. The van der Waals surface area contributed by atoms with Crippen LogP contribution in [0.5, 0.6) is 0 Å². The van der Waals surface area contributed by atoms with Crippen molar-refractivity contribution in [1.29, 1.82) is 10.8 Å². The fourth-order valence-electron chi connectivity index (χ4n) is 3.54. The summed E-state index contributed by atoms with van der Waals surface area (Å²) in [6.07, 6.45) is 8.46. The lowest BCUT2D eigenvalue weighted by Crippen LogP contribution is -2.36. The Morgan fingerprint density at radius 3 is 2.76 bits per heavy atom. The van der Waals surface area contributed by atoms with E-state index in [0.717, 1.165) is 29.5 Å². The highest BCUT2D eigenvalue weighted by Crippen LogP contribution is 2.25. The molecule has 2 aliphatic rings. The van der Waals surface area contributed by atoms with Gasteiger partial charge in [-0.2, -0.15) is 0 Å². The summed E-state index contributed by atoms with van der Waals surface area (Å²) >= 11 is 0. The predicted octanol–water partition coefficient (Wildman–Crippen LogP) is 3.34. The normalized spacial score (nSPS) is 13.7. The largest absolute Gasteiger partial charge is 0.334 e. The first-order valence-electron chi connectivity index (χ1n) is 11.2. The molecule has 3 N–H and O–H groups in total. The Bertz CT molecular complexity index is 1270. The molecule has 4 rings (SSSR count). The van der Waals surface area contributed by atoms with Gasteiger partial charge < -0.3 is 10.2 Å². The van der Waals surface area contributed by atoms with Crippen molar-refractivity contribution in [1.82, 2.24) is 14.9 Å². The summed E-state index contributed by atoms with van der Waals surface area (Å²) in [6, 6.07) is 6.67. The number of nitrogens with one attached hydrogen (secondary N) is 3. The maximum Gasteiger partial charge on any atom is 0.275 e. The van der Waals surface area contributed by atoms with Gasteiger partial charge in [-0.05, 0) is 60.4 Å². The summed E-state index contributed by atoms with van der Waals surface area (Å²) in [7, 11) is 0. The minimum atomic E-state index is -0.423. The lowest BCUT2D eigenvalue weighted by atomic mass is 10.0. The number of pyridine rings is 2. The lowest BCUT2D eigenvalue weighted by molar-refractivity contribution is -0.127. The molecule has 0 saturated carbocycles. The van der Waals surface area contributed by atoms with Crippen LogP contribution in [-0.4, -0.2) is 44.7 Å². The third-order valence-electron chi connectivity index (χ3n) is 5.56. The number of nitrogens with zero attached hydrogens (tertiary/aromatic N) is 3. The van der Waals surface area contributed by atoms with E-state index >= 15 is 0 Å². The van der Waals surface area contributed by atoms with E-state index in [9.17, 15) is 9.59 Å². The number of unbranched alkanes of at least 4 members (excludes halogenated alkanes) is 1. The molecule has 0 aromatic carbocycles. The zero-order chi connectivity index (χ0) is 24.1. The van der Waals surface area contributed by atoms with Gasteiger partial charge in [-0.25, -0.2) is 4.98 Å². The van der Waals surface area contributed by atoms with Crippen molar-refractivity contribution in [2.24, 2.45) is 0 Å². The smallest absolute Gasteiger partial charge is 0.275 e. The summed E-state index contributed by atoms with van der Waals surface area (Å²) < 4.78 is 0. The van der Waals surface area contributed by atoms with Crippen LogP contribution < -0.4 is 5.32 Å². The van der Waals surface area contributed by atoms with Gasteiger partial charge in [0.05, 0.1) is 11.4 Å². The molecular formula is C26H25N6O2. The molecule has 171 valence electrons. The van der Waals surface area contributed by atoms with Crippen LogP contribution >= 0.6 is 0 Å². The van der Waals surface area contributed by atoms with Crippen molar-refractivity contribution < 1.29 is 9.59 Å². The molecule has 8 nitrogen and oxygen atoms in total. The van der Waals surface area contributed by atoms with Gasteiger partial charge in [-0.1, -0.05) is 25.5 Å². The minimum Gasteiger partial charge on any atom is -0.334 e. The second-order valence-electron chi connectivity index (χ2n) is 8.17. The minimum absolute atomic E-state index is 0.0144. The summed E-state index contributed by atoms with van der Waals surface area (Å²) in [5.41, 5.74) is 3.49. The highest BCUT2D eigenvalue weighted by atomic mass is 16.2. The summed E-state index contributed by atoms with van der Waals surface area (Å²) in [5, 5.41) is 18.7. The molecule has 0 bridgehead atoms. The van der Waals surface area contributed by atoms with Crippen LogP contribution in [0.3, 0.4) is 0 Å². The zero-order valence-electron chi connectivity index (χ0n) is 18.9. The van der Waals surface area contributed by atoms with Gasteiger partial charge in [0.1, 0.15) is 17.2 Å². The van der Waals surface area contributed by atoms with E-state index in [-0.39, 0.29) is 23.1 Å². The highest BCUT2D eigenvalue weighted by Gasteiger charge is 2.27. The monoisotopic (exact) mass is 453 g/mol. The molecular weight excluding hydrogens is 428 g/mol. The van der Waals surface area contributed by atoms with Gasteiger partial charge in [-0.15, -0.1) is 0 Å².